The molecule has 3 aromatic heterocycles. The zero-order valence-electron chi connectivity index (χ0n) is 27.8. The lowest BCUT2D eigenvalue weighted by Crippen LogP contribution is -2.04. The van der Waals surface area contributed by atoms with Crippen molar-refractivity contribution in [2.45, 2.75) is 0 Å². The Morgan fingerprint density at radius 2 is 1.02 bits per heavy atom. The highest BCUT2D eigenvalue weighted by molar-refractivity contribution is 7.26. The van der Waals surface area contributed by atoms with Gasteiger partial charge in [-0.2, -0.15) is 0 Å². The minimum Gasteiger partial charge on any atom is -0.292 e. The van der Waals surface area contributed by atoms with E-state index in [1.807, 2.05) is 11.3 Å². The van der Waals surface area contributed by atoms with Crippen LogP contribution in [0.15, 0.2) is 164 Å². The van der Waals surface area contributed by atoms with E-state index in [1.54, 1.807) is 0 Å². The van der Waals surface area contributed by atoms with E-state index in [0.29, 0.717) is 0 Å². The molecule has 0 amide bonds. The van der Waals surface area contributed by atoms with Crippen molar-refractivity contribution in [3.63, 3.8) is 0 Å². The lowest BCUT2D eigenvalue weighted by molar-refractivity contribution is 1.08. The van der Waals surface area contributed by atoms with Crippen LogP contribution in [0.1, 0.15) is 0 Å². The third kappa shape index (κ3) is 3.74. The van der Waals surface area contributed by atoms with Crippen LogP contribution in [0, 0.1) is 0 Å². The van der Waals surface area contributed by atoms with Gasteiger partial charge in [-0.15, -0.1) is 11.3 Å². The van der Waals surface area contributed by atoms with Gasteiger partial charge in [0, 0.05) is 41.9 Å². The topological polar surface area (TPSA) is 30.7 Å². The van der Waals surface area contributed by atoms with Crippen LogP contribution >= 0.6 is 11.3 Å². The molecule has 52 heavy (non-hydrogen) atoms. The summed E-state index contributed by atoms with van der Waals surface area (Å²) in [6.45, 7) is 0. The SMILES string of the molecule is c1ccc(-c2cc3c4c5c(cccc25)-c2ccccc2-c2cccc(c24)n3-c2nc3ccccc3nc2-c2cccc3c2sc2ccccc23)cc1. The van der Waals surface area contributed by atoms with Crippen molar-refractivity contribution >= 4 is 75.1 Å². The normalized spacial score (nSPS) is 12.2. The summed E-state index contributed by atoms with van der Waals surface area (Å²) in [7, 11) is 0. The maximum Gasteiger partial charge on any atom is 0.165 e. The second-order valence-electron chi connectivity index (χ2n) is 13.7. The maximum atomic E-state index is 5.56. The Morgan fingerprint density at radius 3 is 1.85 bits per heavy atom. The summed E-state index contributed by atoms with van der Waals surface area (Å²) < 4.78 is 4.91. The number of aromatic nitrogens is 3. The minimum absolute atomic E-state index is 0.838. The largest absolute Gasteiger partial charge is 0.292 e. The van der Waals surface area contributed by atoms with Crippen LogP contribution in [0.2, 0.25) is 0 Å². The fraction of sp³-hybridized carbons (Fsp3) is 0. The first kappa shape index (κ1) is 28.1. The van der Waals surface area contributed by atoms with E-state index in [1.165, 1.54) is 75.1 Å². The summed E-state index contributed by atoms with van der Waals surface area (Å²) in [5.41, 5.74) is 13.4. The molecule has 0 N–H and O–H groups in total. The Bertz CT molecular complexity index is 3300. The lowest BCUT2D eigenvalue weighted by atomic mass is 9.90. The highest BCUT2D eigenvalue weighted by Crippen LogP contribution is 2.52. The number of fused-ring (bicyclic) bond motifs is 7. The van der Waals surface area contributed by atoms with Crippen molar-refractivity contribution in [3.05, 3.63) is 164 Å². The number of thiophene rings is 1. The van der Waals surface area contributed by atoms with Gasteiger partial charge in [-0.3, -0.25) is 4.57 Å². The van der Waals surface area contributed by atoms with Crippen molar-refractivity contribution in [3.8, 4) is 50.5 Å². The molecule has 0 bridgehead atoms. The quantitative estimate of drug-likeness (QED) is 0.186. The Labute approximate surface area is 302 Å². The summed E-state index contributed by atoms with van der Waals surface area (Å²) >= 11 is 1.83. The molecule has 0 radical (unpaired) electrons. The van der Waals surface area contributed by atoms with E-state index in [4.69, 9.17) is 9.97 Å². The summed E-state index contributed by atoms with van der Waals surface area (Å²) in [5, 5.41) is 7.56. The number of hydrogen-bond donors (Lipinski definition) is 0. The van der Waals surface area contributed by atoms with Gasteiger partial charge in [0.15, 0.2) is 5.82 Å². The standard InChI is InChI=1S/C48H27N3S/c1-2-13-28(14-3-1)37-27-41-45-43-32(18-10-19-34(37)43)29-15-4-5-16-30(29)33-20-12-25-40(44(33)45)51(41)48-46(49-38-23-7-8-24-39(38)50-48)36-22-11-21-35-31-17-6-9-26-42(31)52-47(35)36/h1-27H. The van der Waals surface area contributed by atoms with Crippen LogP contribution in [-0.2, 0) is 0 Å². The Balaban J connectivity index is 1.31. The summed E-state index contributed by atoms with van der Waals surface area (Å²) in [5.74, 6) is 0.838. The molecular formula is C48H27N3S. The molecule has 0 unspecified atom stereocenters. The summed E-state index contributed by atoms with van der Waals surface area (Å²) in [6, 6.07) is 59.3. The van der Waals surface area contributed by atoms with Crippen LogP contribution in [-0.4, -0.2) is 14.5 Å². The molecule has 8 aromatic carbocycles. The molecular weight excluding hydrogens is 651 g/mol. The molecule has 0 saturated carbocycles. The number of para-hydroxylation sites is 2. The number of nitrogens with zero attached hydrogens (tertiary/aromatic N) is 3. The van der Waals surface area contributed by atoms with E-state index in [2.05, 4.69) is 168 Å². The van der Waals surface area contributed by atoms with Gasteiger partial charge in [-0.05, 0) is 69.1 Å². The molecule has 0 atom stereocenters. The molecule has 3 heterocycles. The van der Waals surface area contributed by atoms with Crippen LogP contribution in [0.25, 0.3) is 114 Å². The Hall–Kier alpha value is -6.62. The van der Waals surface area contributed by atoms with Gasteiger partial charge in [0.25, 0.3) is 0 Å². The summed E-state index contributed by atoms with van der Waals surface area (Å²) in [4.78, 5) is 11.0. The first-order valence-corrected chi connectivity index (χ1v) is 18.5. The van der Waals surface area contributed by atoms with E-state index in [-0.39, 0.29) is 0 Å². The van der Waals surface area contributed by atoms with Crippen molar-refractivity contribution in [1.82, 2.24) is 14.5 Å². The van der Waals surface area contributed by atoms with E-state index in [0.717, 1.165) is 39.1 Å². The third-order valence-corrected chi connectivity index (χ3v) is 12.2. The van der Waals surface area contributed by atoms with E-state index < -0.39 is 0 Å². The van der Waals surface area contributed by atoms with Crippen LogP contribution in [0.4, 0.5) is 0 Å². The van der Waals surface area contributed by atoms with Gasteiger partial charge in [0.1, 0.15) is 5.69 Å². The number of hydrogen-bond acceptors (Lipinski definition) is 3. The predicted octanol–water partition coefficient (Wildman–Crippen LogP) is 13.2. The number of benzene rings is 8. The fourth-order valence-electron chi connectivity index (χ4n) is 8.76. The van der Waals surface area contributed by atoms with E-state index >= 15 is 0 Å². The van der Waals surface area contributed by atoms with Crippen molar-refractivity contribution in [1.29, 1.82) is 0 Å². The molecule has 3 nitrogen and oxygen atoms in total. The van der Waals surface area contributed by atoms with Gasteiger partial charge >= 0.3 is 0 Å². The highest BCUT2D eigenvalue weighted by atomic mass is 32.1. The molecule has 0 aliphatic heterocycles. The van der Waals surface area contributed by atoms with Gasteiger partial charge < -0.3 is 0 Å². The molecule has 0 fully saturated rings. The zero-order chi connectivity index (χ0) is 33.9. The molecule has 1 aliphatic carbocycles. The third-order valence-electron chi connectivity index (χ3n) is 10.9. The lowest BCUT2D eigenvalue weighted by Gasteiger charge is -2.17. The van der Waals surface area contributed by atoms with Crippen molar-refractivity contribution < 1.29 is 0 Å². The van der Waals surface area contributed by atoms with Gasteiger partial charge in [0.05, 0.1) is 22.1 Å². The molecule has 11 aromatic rings. The van der Waals surface area contributed by atoms with Crippen LogP contribution in [0.5, 0.6) is 0 Å². The maximum absolute atomic E-state index is 5.56. The van der Waals surface area contributed by atoms with E-state index in [9.17, 15) is 0 Å². The van der Waals surface area contributed by atoms with Gasteiger partial charge in [0.2, 0.25) is 0 Å². The molecule has 0 spiro atoms. The smallest absolute Gasteiger partial charge is 0.165 e. The molecule has 4 heteroatoms. The zero-order valence-corrected chi connectivity index (χ0v) is 28.7. The number of rotatable bonds is 3. The molecule has 1 aliphatic rings. The second-order valence-corrected chi connectivity index (χ2v) is 14.7. The minimum atomic E-state index is 0.838. The molecule has 0 saturated heterocycles. The first-order chi connectivity index (χ1) is 25.8. The van der Waals surface area contributed by atoms with Crippen LogP contribution in [0.3, 0.4) is 0 Å². The monoisotopic (exact) mass is 677 g/mol. The molecule has 240 valence electrons. The Morgan fingerprint density at radius 1 is 0.404 bits per heavy atom. The highest BCUT2D eigenvalue weighted by Gasteiger charge is 2.28. The average molecular weight is 678 g/mol. The Kier molecular flexibility index (Phi) is 5.65. The predicted molar refractivity (Wildman–Crippen MR) is 220 cm³/mol. The average Bonchev–Trinajstić information content (AvgIpc) is 3.72. The summed E-state index contributed by atoms with van der Waals surface area (Å²) in [6.07, 6.45) is 0. The first-order valence-electron chi connectivity index (χ1n) is 17.7. The fourth-order valence-corrected chi connectivity index (χ4v) is 9.97. The van der Waals surface area contributed by atoms with Crippen molar-refractivity contribution in [2.24, 2.45) is 0 Å². The van der Waals surface area contributed by atoms with Crippen LogP contribution < -0.4 is 0 Å². The van der Waals surface area contributed by atoms with Gasteiger partial charge in [-0.1, -0.05) is 133 Å². The van der Waals surface area contributed by atoms with Gasteiger partial charge in [-0.25, -0.2) is 9.97 Å². The van der Waals surface area contributed by atoms with Crippen molar-refractivity contribution in [2.75, 3.05) is 0 Å². The molecule has 12 rings (SSSR count). The second kappa shape index (κ2) is 10.5.